The van der Waals surface area contributed by atoms with Crippen LogP contribution in [-0.2, 0) is 5.41 Å². The number of aliphatic imine (C=N–C) groups is 2. The Hall–Kier alpha value is -6.26. The second kappa shape index (κ2) is 11.5. The zero-order valence-electron chi connectivity index (χ0n) is 26.2. The van der Waals surface area contributed by atoms with E-state index in [-0.39, 0.29) is 6.04 Å². The van der Waals surface area contributed by atoms with Crippen LogP contribution in [0.3, 0.4) is 0 Å². The van der Waals surface area contributed by atoms with Crippen molar-refractivity contribution in [1.82, 2.24) is 10.3 Å². The van der Waals surface area contributed by atoms with Gasteiger partial charge in [-0.1, -0.05) is 127 Å². The number of benzene rings is 4. The molecule has 0 spiro atoms. The van der Waals surface area contributed by atoms with E-state index in [0.717, 1.165) is 62.2 Å². The maximum Gasteiger partial charge on any atom is 0.0861 e. The number of allylic oxidation sites excluding steroid dienone is 6. The number of aromatic amines is 1. The van der Waals surface area contributed by atoms with E-state index in [9.17, 15) is 0 Å². The maximum absolute atomic E-state index is 5.57. The summed E-state index contributed by atoms with van der Waals surface area (Å²) in [5.41, 5.74) is 12.8. The van der Waals surface area contributed by atoms with Gasteiger partial charge in [-0.25, -0.2) is 4.99 Å². The van der Waals surface area contributed by atoms with Crippen LogP contribution in [0, 0.1) is 0 Å². The van der Waals surface area contributed by atoms with Gasteiger partial charge in [-0.05, 0) is 70.8 Å². The topological polar surface area (TPSA) is 52.5 Å². The molecule has 4 aliphatic rings. The van der Waals surface area contributed by atoms with Gasteiger partial charge in [0.15, 0.2) is 0 Å². The number of hydrogen-bond donors (Lipinski definition) is 2. The Labute approximate surface area is 280 Å². The zero-order chi connectivity index (χ0) is 31.9. The van der Waals surface area contributed by atoms with Gasteiger partial charge in [0.2, 0.25) is 0 Å². The first-order chi connectivity index (χ1) is 23.8. The normalized spacial score (nSPS) is 18.9. The van der Waals surface area contributed by atoms with Crippen molar-refractivity contribution in [2.45, 2.75) is 11.5 Å². The van der Waals surface area contributed by atoms with Gasteiger partial charge >= 0.3 is 0 Å². The quantitative estimate of drug-likeness (QED) is 0.208. The van der Waals surface area contributed by atoms with Crippen LogP contribution < -0.4 is 5.32 Å². The van der Waals surface area contributed by atoms with Crippen LogP contribution in [0.1, 0.15) is 33.6 Å². The fourth-order valence-electron chi connectivity index (χ4n) is 7.46. The summed E-state index contributed by atoms with van der Waals surface area (Å²) in [5, 5.41) is 4.02. The summed E-state index contributed by atoms with van der Waals surface area (Å²) in [4.78, 5) is 14.4. The second-order valence-electron chi connectivity index (χ2n) is 12.4. The Morgan fingerprint density at radius 3 is 1.83 bits per heavy atom. The summed E-state index contributed by atoms with van der Waals surface area (Å²) in [6.45, 7) is 0. The Morgan fingerprint density at radius 2 is 1.17 bits per heavy atom. The average molecular weight is 617 g/mol. The van der Waals surface area contributed by atoms with E-state index in [1.807, 2.05) is 0 Å². The van der Waals surface area contributed by atoms with Crippen LogP contribution in [0.2, 0.25) is 0 Å². The SMILES string of the molecule is C1=CC2=NC1=Cc1ccc([nH]1)C(c1ccccc1)=C1C=CC(=N1)C(c1ccccc1)(c1ccccc1)C1C=CC(=C2c2ccccc2)N1. The van der Waals surface area contributed by atoms with Crippen LogP contribution in [0.4, 0.5) is 0 Å². The van der Waals surface area contributed by atoms with E-state index in [4.69, 9.17) is 9.98 Å². The number of nitrogens with one attached hydrogen (secondary N) is 2. The fourth-order valence-corrected chi connectivity index (χ4v) is 7.46. The third kappa shape index (κ3) is 4.61. The van der Waals surface area contributed by atoms with E-state index < -0.39 is 5.41 Å². The van der Waals surface area contributed by atoms with Crippen LogP contribution in [0.5, 0.6) is 0 Å². The summed E-state index contributed by atoms with van der Waals surface area (Å²) in [6, 6.07) is 46.8. The Morgan fingerprint density at radius 1 is 0.542 bits per heavy atom. The number of aromatic nitrogens is 1. The van der Waals surface area contributed by atoms with Crippen molar-refractivity contribution in [3.05, 3.63) is 221 Å². The molecule has 4 nitrogen and oxygen atoms in total. The molecule has 4 aliphatic heterocycles. The first-order valence-electron chi connectivity index (χ1n) is 16.4. The minimum atomic E-state index is -0.654. The lowest BCUT2D eigenvalue weighted by Crippen LogP contribution is -2.51. The van der Waals surface area contributed by atoms with Crippen LogP contribution in [0.15, 0.2) is 197 Å². The van der Waals surface area contributed by atoms with Crippen molar-refractivity contribution in [3.63, 3.8) is 0 Å². The molecule has 0 fully saturated rings. The molecule has 1 atom stereocenters. The lowest BCUT2D eigenvalue weighted by atomic mass is 9.66. The summed E-state index contributed by atoms with van der Waals surface area (Å²) in [7, 11) is 0. The van der Waals surface area contributed by atoms with Crippen molar-refractivity contribution in [2.24, 2.45) is 9.98 Å². The molecule has 0 radical (unpaired) electrons. The number of rotatable bonds is 4. The molecular weight excluding hydrogens is 585 g/mol. The third-order valence-electron chi connectivity index (χ3n) is 9.58. The smallest absolute Gasteiger partial charge is 0.0861 e. The molecule has 0 amide bonds. The van der Waals surface area contributed by atoms with Gasteiger partial charge in [-0.15, -0.1) is 0 Å². The molecule has 1 aromatic heterocycles. The molecule has 9 rings (SSSR count). The van der Waals surface area contributed by atoms with E-state index in [1.165, 1.54) is 11.1 Å². The number of fused-ring (bicyclic) bond motifs is 6. The number of H-pyrrole nitrogens is 1. The molecule has 0 saturated carbocycles. The molecule has 5 heterocycles. The molecule has 8 bridgehead atoms. The molecule has 5 aromatic rings. The molecule has 0 aliphatic carbocycles. The minimum absolute atomic E-state index is 0.148. The molecule has 228 valence electrons. The van der Waals surface area contributed by atoms with E-state index in [1.54, 1.807) is 0 Å². The van der Waals surface area contributed by atoms with Gasteiger partial charge in [0.05, 0.1) is 34.3 Å². The van der Waals surface area contributed by atoms with Gasteiger partial charge in [-0.2, -0.15) is 0 Å². The molecule has 0 saturated heterocycles. The molecule has 48 heavy (non-hydrogen) atoms. The van der Waals surface area contributed by atoms with Gasteiger partial charge in [0.25, 0.3) is 0 Å². The van der Waals surface area contributed by atoms with Crippen molar-refractivity contribution < 1.29 is 0 Å². The monoisotopic (exact) mass is 616 g/mol. The largest absolute Gasteiger partial charge is 0.377 e. The highest BCUT2D eigenvalue weighted by Crippen LogP contribution is 2.44. The first kappa shape index (κ1) is 28.0. The van der Waals surface area contributed by atoms with Gasteiger partial charge < -0.3 is 10.3 Å². The molecule has 1 unspecified atom stereocenters. The Balaban J connectivity index is 1.37. The summed E-state index contributed by atoms with van der Waals surface area (Å²) in [6.07, 6.45) is 15.3. The second-order valence-corrected chi connectivity index (χ2v) is 12.4. The van der Waals surface area contributed by atoms with Crippen molar-refractivity contribution in [1.29, 1.82) is 0 Å². The lowest BCUT2D eigenvalue weighted by Gasteiger charge is -2.40. The van der Waals surface area contributed by atoms with Crippen LogP contribution in [0.25, 0.3) is 17.2 Å². The van der Waals surface area contributed by atoms with Gasteiger partial charge in [0.1, 0.15) is 0 Å². The van der Waals surface area contributed by atoms with E-state index in [2.05, 4.69) is 186 Å². The summed E-state index contributed by atoms with van der Waals surface area (Å²) in [5.74, 6) is 0. The van der Waals surface area contributed by atoms with Crippen molar-refractivity contribution in [2.75, 3.05) is 0 Å². The van der Waals surface area contributed by atoms with E-state index >= 15 is 0 Å². The average Bonchev–Trinajstić information content (AvgIpc) is 3.98. The van der Waals surface area contributed by atoms with Crippen molar-refractivity contribution in [3.8, 4) is 0 Å². The lowest BCUT2D eigenvalue weighted by molar-refractivity contribution is 0.548. The highest BCUT2D eigenvalue weighted by atomic mass is 15.0. The highest BCUT2D eigenvalue weighted by molar-refractivity contribution is 6.31. The predicted octanol–water partition coefficient (Wildman–Crippen LogP) is 9.08. The maximum atomic E-state index is 5.57. The summed E-state index contributed by atoms with van der Waals surface area (Å²) >= 11 is 0. The van der Waals surface area contributed by atoms with Crippen molar-refractivity contribution >= 4 is 28.6 Å². The number of hydrogen-bond acceptors (Lipinski definition) is 3. The molecule has 4 aromatic carbocycles. The van der Waals surface area contributed by atoms with Gasteiger partial charge in [-0.3, -0.25) is 4.99 Å². The standard InChI is InChI=1S/C44H32N4/c1-5-13-30(14-6-1)42-36-23-21-34(45-36)29-35-22-24-37(46-35)43(31-15-7-2-8-16-31)39-26-28-41(48-39)44(32-17-9-3-10-18-32,33-19-11-4-12-20-33)40-27-25-38(42)47-40/h1-29,40,46-47H. The van der Waals surface area contributed by atoms with Gasteiger partial charge in [0, 0.05) is 28.2 Å². The fraction of sp³-hybridized carbons (Fsp3) is 0.0455. The molecular formula is C44H32N4. The Kier molecular flexibility index (Phi) is 6.72. The third-order valence-corrected chi connectivity index (χ3v) is 9.58. The molecule has 4 heteroatoms. The van der Waals surface area contributed by atoms with Crippen LogP contribution in [-0.4, -0.2) is 22.4 Å². The minimum Gasteiger partial charge on any atom is -0.377 e. The number of nitrogens with zero attached hydrogens (tertiary/aromatic N) is 2. The molecule has 2 N–H and O–H groups in total. The zero-order valence-corrected chi connectivity index (χ0v) is 26.2. The highest BCUT2D eigenvalue weighted by Gasteiger charge is 2.47. The Bertz CT molecular complexity index is 2240. The summed E-state index contributed by atoms with van der Waals surface area (Å²) < 4.78 is 0. The van der Waals surface area contributed by atoms with E-state index in [0.29, 0.717) is 0 Å². The first-order valence-corrected chi connectivity index (χ1v) is 16.4. The van der Waals surface area contributed by atoms with Crippen LogP contribution >= 0.6 is 0 Å². The predicted molar refractivity (Wildman–Crippen MR) is 197 cm³/mol.